The highest BCUT2D eigenvalue weighted by Gasteiger charge is 2.53. The van der Waals surface area contributed by atoms with Gasteiger partial charge in [0.15, 0.2) is 0 Å². The Hall–Kier alpha value is 0.150. The van der Waals surface area contributed by atoms with E-state index in [-0.39, 0.29) is 11.3 Å². The molecule has 70 valence electrons. The van der Waals surface area contributed by atoms with Crippen molar-refractivity contribution >= 4 is 11.9 Å². The molecule has 1 saturated heterocycles. The van der Waals surface area contributed by atoms with Crippen molar-refractivity contribution in [3.63, 3.8) is 0 Å². The second-order valence-electron chi connectivity index (χ2n) is 3.19. The predicted octanol–water partition coefficient (Wildman–Crippen LogP) is -2.57. The van der Waals surface area contributed by atoms with Gasteiger partial charge in [-0.05, 0) is 0 Å². The molecule has 12 heavy (non-hydrogen) atoms. The van der Waals surface area contributed by atoms with Crippen molar-refractivity contribution in [2.45, 2.75) is 35.7 Å². The van der Waals surface area contributed by atoms with Gasteiger partial charge in [0.1, 0.15) is 12.2 Å². The van der Waals surface area contributed by atoms with Crippen LogP contribution in [0.3, 0.4) is 0 Å². The van der Waals surface area contributed by atoms with E-state index in [4.69, 9.17) is 0 Å². The van der Waals surface area contributed by atoms with E-state index in [1.54, 1.807) is 0 Å². The Morgan fingerprint density at radius 2 is 1.42 bits per heavy atom. The minimum absolute atomic E-state index is 0.210. The van der Waals surface area contributed by atoms with Gasteiger partial charge in [-0.15, -0.1) is 0 Å². The maximum absolute atomic E-state index is 9.37. The third-order valence-electron chi connectivity index (χ3n) is 2.45. The zero-order chi connectivity index (χ0) is 8.88. The van der Waals surface area contributed by atoms with Gasteiger partial charge in [0.25, 0.3) is 0 Å². The molecule has 5 N–H and O–H groups in total. The molecule has 1 aliphatic carbocycles. The van der Waals surface area contributed by atoms with Gasteiger partial charge in [0.05, 0.1) is 23.5 Å². The molecule has 0 aromatic carbocycles. The summed E-state index contributed by atoms with van der Waals surface area (Å²) >= 11 is 1.28. The fourth-order valence-corrected chi connectivity index (χ4v) is 2.63. The van der Waals surface area contributed by atoms with Crippen molar-refractivity contribution in [1.29, 1.82) is 0 Å². The van der Waals surface area contributed by atoms with Crippen LogP contribution in [0.2, 0.25) is 0 Å². The molecular formula is C6H11NO4S. The SMILES string of the molecule is O[C@H]1[C@H](O)[C@@H](O)C2SNC2[C@@H]1O. The molecule has 2 rings (SSSR count). The van der Waals surface area contributed by atoms with Gasteiger partial charge in [-0.2, -0.15) is 0 Å². The van der Waals surface area contributed by atoms with Gasteiger partial charge in [-0.25, -0.2) is 0 Å². The lowest BCUT2D eigenvalue weighted by atomic mass is 9.85. The molecule has 1 heterocycles. The topological polar surface area (TPSA) is 93.0 Å². The quantitative estimate of drug-likeness (QED) is 0.272. The number of fused-ring (bicyclic) bond motifs is 1. The average Bonchev–Trinajstić information content (AvgIpc) is 1.97. The van der Waals surface area contributed by atoms with Crippen LogP contribution in [0.5, 0.6) is 0 Å². The Morgan fingerprint density at radius 3 is 1.92 bits per heavy atom. The van der Waals surface area contributed by atoms with Crippen molar-refractivity contribution in [2.24, 2.45) is 0 Å². The van der Waals surface area contributed by atoms with Gasteiger partial charge < -0.3 is 20.4 Å². The minimum atomic E-state index is -1.25. The minimum Gasteiger partial charge on any atom is -0.389 e. The molecule has 0 spiro atoms. The van der Waals surface area contributed by atoms with Crippen LogP contribution >= 0.6 is 11.9 Å². The largest absolute Gasteiger partial charge is 0.389 e. The van der Waals surface area contributed by atoms with Crippen LogP contribution in [0.4, 0.5) is 0 Å². The highest BCUT2D eigenvalue weighted by molar-refractivity contribution is 7.99. The van der Waals surface area contributed by atoms with Crippen LogP contribution < -0.4 is 4.72 Å². The van der Waals surface area contributed by atoms with Gasteiger partial charge in [0, 0.05) is 0 Å². The summed E-state index contributed by atoms with van der Waals surface area (Å²) < 4.78 is 2.81. The first kappa shape index (κ1) is 8.74. The monoisotopic (exact) mass is 193 g/mol. The number of nitrogens with one attached hydrogen (secondary N) is 1. The predicted molar refractivity (Wildman–Crippen MR) is 42.3 cm³/mol. The fourth-order valence-electron chi connectivity index (χ4n) is 1.58. The van der Waals surface area contributed by atoms with Crippen molar-refractivity contribution in [3.05, 3.63) is 0 Å². The van der Waals surface area contributed by atoms with E-state index in [0.29, 0.717) is 0 Å². The van der Waals surface area contributed by atoms with E-state index < -0.39 is 24.4 Å². The van der Waals surface area contributed by atoms with Crippen LogP contribution in [-0.4, -0.2) is 56.1 Å². The van der Waals surface area contributed by atoms with Gasteiger partial charge >= 0.3 is 0 Å². The molecule has 2 unspecified atom stereocenters. The van der Waals surface area contributed by atoms with E-state index in [0.717, 1.165) is 0 Å². The fraction of sp³-hybridized carbons (Fsp3) is 1.00. The number of aliphatic hydroxyl groups excluding tert-OH is 4. The third kappa shape index (κ3) is 1.00. The summed E-state index contributed by atoms with van der Waals surface area (Å²) in [6.07, 6.45) is -4.44. The zero-order valence-corrected chi connectivity index (χ0v) is 6.98. The van der Waals surface area contributed by atoms with Crippen LogP contribution in [0.25, 0.3) is 0 Å². The molecule has 2 aliphatic rings. The van der Waals surface area contributed by atoms with E-state index >= 15 is 0 Å². The van der Waals surface area contributed by atoms with Crippen molar-refractivity contribution in [1.82, 2.24) is 4.72 Å². The Labute approximate surface area is 73.5 Å². The molecule has 1 saturated carbocycles. The molecule has 6 heteroatoms. The van der Waals surface area contributed by atoms with Crippen molar-refractivity contribution in [2.75, 3.05) is 0 Å². The normalized spacial score (nSPS) is 59.0. The Balaban J connectivity index is 2.14. The molecule has 0 amide bonds. The zero-order valence-electron chi connectivity index (χ0n) is 6.16. The van der Waals surface area contributed by atoms with E-state index in [1.807, 2.05) is 0 Å². The van der Waals surface area contributed by atoms with Crippen LogP contribution in [0.1, 0.15) is 0 Å². The molecule has 0 aromatic rings. The molecule has 0 bridgehead atoms. The molecule has 2 fully saturated rings. The number of hydrogen-bond acceptors (Lipinski definition) is 6. The lowest BCUT2D eigenvalue weighted by molar-refractivity contribution is -0.145. The van der Waals surface area contributed by atoms with E-state index in [2.05, 4.69) is 4.72 Å². The van der Waals surface area contributed by atoms with Crippen LogP contribution in [0, 0.1) is 0 Å². The Bertz CT molecular complexity index is 143. The third-order valence-corrected chi connectivity index (χ3v) is 3.70. The second-order valence-corrected chi connectivity index (χ2v) is 4.20. The highest BCUT2D eigenvalue weighted by Crippen LogP contribution is 2.36. The lowest BCUT2D eigenvalue weighted by Crippen LogP contribution is -2.71. The summed E-state index contributed by atoms with van der Waals surface area (Å²) in [6.45, 7) is 0. The van der Waals surface area contributed by atoms with E-state index in [1.165, 1.54) is 11.9 Å². The molecule has 5 nitrogen and oxygen atoms in total. The average molecular weight is 193 g/mol. The molecule has 1 aliphatic heterocycles. The second kappa shape index (κ2) is 2.83. The summed E-state index contributed by atoms with van der Waals surface area (Å²) in [6, 6.07) is -0.302. The number of hydrogen-bond donors (Lipinski definition) is 5. The summed E-state index contributed by atoms with van der Waals surface area (Å²) in [5.74, 6) is 0. The summed E-state index contributed by atoms with van der Waals surface area (Å²) in [4.78, 5) is 0. The summed E-state index contributed by atoms with van der Waals surface area (Å²) in [5.41, 5.74) is 0. The maximum Gasteiger partial charge on any atom is 0.110 e. The van der Waals surface area contributed by atoms with Gasteiger partial charge in [-0.1, -0.05) is 11.9 Å². The molecule has 0 aromatic heterocycles. The highest BCUT2D eigenvalue weighted by atomic mass is 32.2. The van der Waals surface area contributed by atoms with Crippen LogP contribution in [0.15, 0.2) is 0 Å². The van der Waals surface area contributed by atoms with Crippen molar-refractivity contribution in [3.8, 4) is 0 Å². The van der Waals surface area contributed by atoms with Gasteiger partial charge in [-0.3, -0.25) is 4.72 Å². The maximum atomic E-state index is 9.37. The molecule has 0 radical (unpaired) electrons. The lowest BCUT2D eigenvalue weighted by Gasteiger charge is -2.50. The first-order chi connectivity index (χ1) is 5.63. The Morgan fingerprint density at radius 1 is 0.833 bits per heavy atom. The van der Waals surface area contributed by atoms with Crippen LogP contribution in [-0.2, 0) is 0 Å². The first-order valence-corrected chi connectivity index (χ1v) is 4.64. The summed E-state index contributed by atoms with van der Waals surface area (Å²) in [5, 5.41) is 37.0. The first-order valence-electron chi connectivity index (χ1n) is 3.76. The number of rotatable bonds is 0. The Kier molecular flexibility index (Phi) is 2.06. The number of aliphatic hydroxyl groups is 4. The molecule has 6 atom stereocenters. The smallest absolute Gasteiger partial charge is 0.110 e. The van der Waals surface area contributed by atoms with Gasteiger partial charge in [0.2, 0.25) is 0 Å². The standard InChI is InChI=1S/C6H11NO4S/c8-2-1-6(12-7-1)5(11)4(10)3(2)9/h1-11H/t1?,2-,3+,4-,5+,6?/m0/s1. The molecular weight excluding hydrogens is 182 g/mol. The summed E-state index contributed by atoms with van der Waals surface area (Å²) in [7, 11) is 0. The van der Waals surface area contributed by atoms with E-state index in [9.17, 15) is 20.4 Å². The van der Waals surface area contributed by atoms with Crippen molar-refractivity contribution < 1.29 is 20.4 Å².